The molecular formula is C11H23N3O. The lowest BCUT2D eigenvalue weighted by molar-refractivity contribution is -0.0210. The molecule has 0 aromatic heterocycles. The molecule has 1 fully saturated rings. The maximum absolute atomic E-state index is 5.78. The van der Waals surface area contributed by atoms with Gasteiger partial charge in [0, 0.05) is 19.0 Å². The van der Waals surface area contributed by atoms with Crippen molar-refractivity contribution in [3.63, 3.8) is 0 Å². The predicted molar refractivity (Wildman–Crippen MR) is 63.2 cm³/mol. The Labute approximate surface area is 92.5 Å². The van der Waals surface area contributed by atoms with Crippen molar-refractivity contribution in [1.82, 2.24) is 4.90 Å². The SMILES string of the molecule is CCN1CCOC(CN=C(N)C(C)C)C1. The van der Waals surface area contributed by atoms with Crippen LogP contribution in [-0.2, 0) is 4.74 Å². The molecule has 0 amide bonds. The van der Waals surface area contributed by atoms with Crippen molar-refractivity contribution in [2.24, 2.45) is 16.6 Å². The van der Waals surface area contributed by atoms with E-state index in [0.29, 0.717) is 12.5 Å². The van der Waals surface area contributed by atoms with Crippen LogP contribution in [0.2, 0.25) is 0 Å². The van der Waals surface area contributed by atoms with Crippen molar-refractivity contribution in [1.29, 1.82) is 0 Å². The van der Waals surface area contributed by atoms with Gasteiger partial charge < -0.3 is 10.5 Å². The first kappa shape index (κ1) is 12.5. The number of hydrogen-bond donors (Lipinski definition) is 1. The van der Waals surface area contributed by atoms with Crippen molar-refractivity contribution in [3.8, 4) is 0 Å². The molecule has 1 rings (SSSR count). The molecule has 0 aromatic rings. The molecule has 1 saturated heterocycles. The van der Waals surface area contributed by atoms with Crippen LogP contribution in [0.25, 0.3) is 0 Å². The van der Waals surface area contributed by atoms with Gasteiger partial charge in [-0.2, -0.15) is 0 Å². The number of nitrogens with two attached hydrogens (primary N) is 1. The molecule has 1 aliphatic heterocycles. The van der Waals surface area contributed by atoms with Gasteiger partial charge in [0.2, 0.25) is 0 Å². The number of likely N-dealkylation sites (N-methyl/N-ethyl adjacent to an activating group) is 1. The zero-order chi connectivity index (χ0) is 11.3. The van der Waals surface area contributed by atoms with E-state index >= 15 is 0 Å². The molecule has 2 N–H and O–H groups in total. The number of aliphatic imine (C=N–C) groups is 1. The topological polar surface area (TPSA) is 50.8 Å². The van der Waals surface area contributed by atoms with Gasteiger partial charge in [0.25, 0.3) is 0 Å². The summed E-state index contributed by atoms with van der Waals surface area (Å²) in [6.45, 7) is 10.9. The minimum Gasteiger partial charge on any atom is -0.387 e. The van der Waals surface area contributed by atoms with Gasteiger partial charge in [-0.3, -0.25) is 9.89 Å². The molecule has 0 spiro atoms. The number of hydrogen-bond acceptors (Lipinski definition) is 3. The average Bonchev–Trinajstić information content (AvgIpc) is 2.26. The van der Waals surface area contributed by atoms with Crippen LogP contribution in [0.1, 0.15) is 20.8 Å². The van der Waals surface area contributed by atoms with Gasteiger partial charge in [0.05, 0.1) is 25.1 Å². The molecule has 0 aromatic carbocycles. The molecule has 0 bridgehead atoms. The zero-order valence-electron chi connectivity index (χ0n) is 10.1. The monoisotopic (exact) mass is 213 g/mol. The van der Waals surface area contributed by atoms with Crippen molar-refractivity contribution < 1.29 is 4.74 Å². The standard InChI is InChI=1S/C11H23N3O/c1-4-14-5-6-15-10(8-14)7-13-11(12)9(2)3/h9-10H,4-8H2,1-3H3,(H2,12,13). The first-order chi connectivity index (χ1) is 7.13. The fraction of sp³-hybridized carbons (Fsp3) is 0.909. The Morgan fingerprint density at radius 2 is 2.33 bits per heavy atom. The van der Waals surface area contributed by atoms with Crippen molar-refractivity contribution in [2.75, 3.05) is 32.8 Å². The first-order valence-corrected chi connectivity index (χ1v) is 5.77. The summed E-state index contributed by atoms with van der Waals surface area (Å²) in [4.78, 5) is 6.74. The van der Waals surface area contributed by atoms with Crippen LogP contribution < -0.4 is 5.73 Å². The first-order valence-electron chi connectivity index (χ1n) is 5.77. The van der Waals surface area contributed by atoms with Gasteiger partial charge in [-0.15, -0.1) is 0 Å². The molecule has 1 atom stereocenters. The number of ether oxygens (including phenoxy) is 1. The summed E-state index contributed by atoms with van der Waals surface area (Å²) in [5.74, 6) is 1.06. The molecule has 4 heteroatoms. The van der Waals surface area contributed by atoms with E-state index in [9.17, 15) is 0 Å². The predicted octanol–water partition coefficient (Wildman–Crippen LogP) is 0.720. The average molecular weight is 213 g/mol. The maximum atomic E-state index is 5.78. The second kappa shape index (κ2) is 6.08. The second-order valence-electron chi connectivity index (χ2n) is 4.31. The van der Waals surface area contributed by atoms with Crippen molar-refractivity contribution in [3.05, 3.63) is 0 Å². The fourth-order valence-corrected chi connectivity index (χ4v) is 1.57. The van der Waals surface area contributed by atoms with E-state index in [2.05, 4.69) is 30.7 Å². The molecule has 15 heavy (non-hydrogen) atoms. The van der Waals surface area contributed by atoms with Crippen LogP contribution in [0.3, 0.4) is 0 Å². The van der Waals surface area contributed by atoms with E-state index in [0.717, 1.165) is 32.1 Å². The van der Waals surface area contributed by atoms with Crippen LogP contribution in [0.5, 0.6) is 0 Å². The zero-order valence-corrected chi connectivity index (χ0v) is 10.1. The third kappa shape index (κ3) is 4.18. The Kier molecular flexibility index (Phi) is 5.05. The summed E-state index contributed by atoms with van der Waals surface area (Å²) >= 11 is 0. The Balaban J connectivity index is 2.35. The molecule has 0 aliphatic carbocycles. The van der Waals surface area contributed by atoms with Crippen molar-refractivity contribution >= 4 is 5.84 Å². The van der Waals surface area contributed by atoms with Crippen LogP contribution in [0.4, 0.5) is 0 Å². The molecule has 1 aliphatic rings. The number of nitrogens with zero attached hydrogens (tertiary/aromatic N) is 2. The van der Waals surface area contributed by atoms with Gasteiger partial charge in [0.15, 0.2) is 0 Å². The summed E-state index contributed by atoms with van der Waals surface area (Å²) in [6.07, 6.45) is 0.219. The molecule has 1 unspecified atom stereocenters. The van der Waals surface area contributed by atoms with Gasteiger partial charge >= 0.3 is 0 Å². The number of rotatable bonds is 4. The minimum absolute atomic E-state index is 0.219. The summed E-state index contributed by atoms with van der Waals surface area (Å²) < 4.78 is 5.64. The highest BCUT2D eigenvalue weighted by Gasteiger charge is 2.18. The van der Waals surface area contributed by atoms with Crippen LogP contribution in [-0.4, -0.2) is 49.6 Å². The van der Waals surface area contributed by atoms with E-state index in [1.165, 1.54) is 0 Å². The summed E-state index contributed by atoms with van der Waals surface area (Å²) in [6, 6.07) is 0. The molecule has 4 nitrogen and oxygen atoms in total. The van der Waals surface area contributed by atoms with Crippen LogP contribution >= 0.6 is 0 Å². The molecule has 0 saturated carbocycles. The molecule has 88 valence electrons. The second-order valence-corrected chi connectivity index (χ2v) is 4.31. The molecular weight excluding hydrogens is 190 g/mol. The highest BCUT2D eigenvalue weighted by Crippen LogP contribution is 2.05. The Bertz CT molecular complexity index is 216. The number of amidine groups is 1. The normalized spacial score (nSPS) is 24.8. The maximum Gasteiger partial charge on any atom is 0.0964 e. The minimum atomic E-state index is 0.219. The third-order valence-electron chi connectivity index (χ3n) is 2.74. The third-order valence-corrected chi connectivity index (χ3v) is 2.74. The van der Waals surface area contributed by atoms with E-state index in [4.69, 9.17) is 10.5 Å². The Hall–Kier alpha value is -0.610. The smallest absolute Gasteiger partial charge is 0.0964 e. The molecule has 0 radical (unpaired) electrons. The van der Waals surface area contributed by atoms with E-state index in [1.807, 2.05) is 0 Å². The fourth-order valence-electron chi connectivity index (χ4n) is 1.57. The van der Waals surface area contributed by atoms with Gasteiger partial charge in [0.1, 0.15) is 0 Å². The largest absolute Gasteiger partial charge is 0.387 e. The van der Waals surface area contributed by atoms with Gasteiger partial charge in [-0.25, -0.2) is 0 Å². The quantitative estimate of drug-likeness (QED) is 0.553. The van der Waals surface area contributed by atoms with E-state index < -0.39 is 0 Å². The highest BCUT2D eigenvalue weighted by atomic mass is 16.5. The summed E-state index contributed by atoms with van der Waals surface area (Å²) in [7, 11) is 0. The lowest BCUT2D eigenvalue weighted by Gasteiger charge is -2.31. The highest BCUT2D eigenvalue weighted by molar-refractivity contribution is 5.82. The number of morpholine rings is 1. The Morgan fingerprint density at radius 1 is 1.60 bits per heavy atom. The van der Waals surface area contributed by atoms with Crippen LogP contribution in [0, 0.1) is 5.92 Å². The lowest BCUT2D eigenvalue weighted by atomic mass is 10.2. The lowest BCUT2D eigenvalue weighted by Crippen LogP contribution is -2.43. The van der Waals surface area contributed by atoms with Crippen LogP contribution in [0.15, 0.2) is 4.99 Å². The summed E-state index contributed by atoms with van der Waals surface area (Å²) in [5, 5.41) is 0. The summed E-state index contributed by atoms with van der Waals surface area (Å²) in [5.41, 5.74) is 5.78. The molecule has 1 heterocycles. The van der Waals surface area contributed by atoms with E-state index in [-0.39, 0.29) is 6.10 Å². The van der Waals surface area contributed by atoms with Gasteiger partial charge in [-0.1, -0.05) is 20.8 Å². The Morgan fingerprint density at radius 3 is 2.93 bits per heavy atom. The van der Waals surface area contributed by atoms with Crippen molar-refractivity contribution in [2.45, 2.75) is 26.9 Å². The van der Waals surface area contributed by atoms with Gasteiger partial charge in [-0.05, 0) is 6.54 Å². The van der Waals surface area contributed by atoms with E-state index in [1.54, 1.807) is 0 Å².